The third kappa shape index (κ3) is 4.25. The van der Waals surface area contributed by atoms with Crippen LogP contribution in [0.25, 0.3) is 0 Å². The van der Waals surface area contributed by atoms with E-state index in [1.807, 2.05) is 19.1 Å². The smallest absolute Gasteiger partial charge is 0.261 e. The summed E-state index contributed by atoms with van der Waals surface area (Å²) < 4.78 is 34.0. The van der Waals surface area contributed by atoms with E-state index in [9.17, 15) is 13.2 Å². The molecule has 4 rings (SSSR count). The van der Waals surface area contributed by atoms with Gasteiger partial charge < -0.3 is 4.42 Å². The van der Waals surface area contributed by atoms with Crippen LogP contribution in [-0.2, 0) is 14.8 Å². The molecule has 31 heavy (non-hydrogen) atoms. The van der Waals surface area contributed by atoms with E-state index in [4.69, 9.17) is 4.42 Å². The Morgan fingerprint density at radius 1 is 1.13 bits per heavy atom. The summed E-state index contributed by atoms with van der Waals surface area (Å²) in [6, 6.07) is 16.9. The minimum absolute atomic E-state index is 0.130. The van der Waals surface area contributed by atoms with E-state index in [1.165, 1.54) is 5.01 Å². The Bertz CT molecular complexity index is 1220. The molecule has 0 bridgehead atoms. The predicted molar refractivity (Wildman–Crippen MR) is 118 cm³/mol. The van der Waals surface area contributed by atoms with Crippen molar-refractivity contribution >= 4 is 27.3 Å². The summed E-state index contributed by atoms with van der Waals surface area (Å²) in [5.74, 6) is 0.507. The molecule has 160 valence electrons. The maximum atomic E-state index is 12.9. The fourth-order valence-corrected chi connectivity index (χ4v) is 4.59. The van der Waals surface area contributed by atoms with Crippen molar-refractivity contribution in [2.24, 2.45) is 5.10 Å². The molecule has 0 saturated heterocycles. The standard InChI is InChI=1S/C23H23N3O4S/c1-3-23(27)26-21(22-9-6-14-30-22)15-20(24-26)18-7-4-5-8-19(18)25-31(28,29)17-12-10-16(2)11-13-17/h4-14,21,25H,3,15H2,1-2H3/t21-/m0/s1. The van der Waals surface area contributed by atoms with E-state index in [1.54, 1.807) is 61.7 Å². The number of sulfonamides is 1. The Morgan fingerprint density at radius 3 is 2.55 bits per heavy atom. The van der Waals surface area contributed by atoms with Crippen LogP contribution in [0.3, 0.4) is 0 Å². The number of carbonyl (C=O) groups excluding carboxylic acids is 1. The normalized spacial score (nSPS) is 16.3. The highest BCUT2D eigenvalue weighted by atomic mass is 32.2. The molecular formula is C23H23N3O4S. The number of rotatable bonds is 6. The molecule has 2 aromatic carbocycles. The lowest BCUT2D eigenvalue weighted by atomic mass is 10.0. The zero-order chi connectivity index (χ0) is 22.0. The van der Waals surface area contributed by atoms with Crippen LogP contribution in [-0.4, -0.2) is 25.0 Å². The number of para-hydroxylation sites is 1. The van der Waals surface area contributed by atoms with Crippen molar-refractivity contribution in [2.45, 2.75) is 37.6 Å². The molecule has 1 atom stereocenters. The number of furan rings is 1. The van der Waals surface area contributed by atoms with Gasteiger partial charge in [-0.3, -0.25) is 9.52 Å². The van der Waals surface area contributed by atoms with Crippen LogP contribution < -0.4 is 4.72 Å². The second-order valence-electron chi connectivity index (χ2n) is 7.34. The molecule has 0 aliphatic carbocycles. The van der Waals surface area contributed by atoms with Crippen molar-refractivity contribution in [1.29, 1.82) is 0 Å². The van der Waals surface area contributed by atoms with Gasteiger partial charge in [-0.15, -0.1) is 0 Å². The SMILES string of the molecule is CCC(=O)N1N=C(c2ccccc2NS(=O)(=O)c2ccc(C)cc2)C[C@H]1c1ccco1. The minimum Gasteiger partial charge on any atom is -0.467 e. The average Bonchev–Trinajstić information content (AvgIpc) is 3.43. The zero-order valence-electron chi connectivity index (χ0n) is 17.3. The van der Waals surface area contributed by atoms with E-state index in [2.05, 4.69) is 9.82 Å². The number of anilines is 1. The summed E-state index contributed by atoms with van der Waals surface area (Å²) in [5, 5.41) is 5.98. The van der Waals surface area contributed by atoms with Crippen LogP contribution in [0.1, 0.15) is 42.7 Å². The first-order valence-electron chi connectivity index (χ1n) is 10.0. The van der Waals surface area contributed by atoms with Crippen molar-refractivity contribution < 1.29 is 17.6 Å². The van der Waals surface area contributed by atoms with E-state index < -0.39 is 10.0 Å². The Morgan fingerprint density at radius 2 is 1.87 bits per heavy atom. The largest absolute Gasteiger partial charge is 0.467 e. The molecule has 0 spiro atoms. The fourth-order valence-electron chi connectivity index (χ4n) is 3.51. The summed E-state index contributed by atoms with van der Waals surface area (Å²) in [4.78, 5) is 12.7. The molecule has 1 N–H and O–H groups in total. The second-order valence-corrected chi connectivity index (χ2v) is 9.02. The molecule has 0 radical (unpaired) electrons. The van der Waals surface area contributed by atoms with E-state index in [0.717, 1.165) is 5.56 Å². The highest BCUT2D eigenvalue weighted by Crippen LogP contribution is 2.35. The lowest BCUT2D eigenvalue weighted by Gasteiger charge is -2.18. The van der Waals surface area contributed by atoms with Crippen molar-refractivity contribution in [3.63, 3.8) is 0 Å². The maximum Gasteiger partial charge on any atom is 0.261 e. The number of nitrogens with zero attached hydrogens (tertiary/aromatic N) is 2. The van der Waals surface area contributed by atoms with Gasteiger partial charge in [0.2, 0.25) is 5.91 Å². The van der Waals surface area contributed by atoms with Crippen LogP contribution >= 0.6 is 0 Å². The highest BCUT2D eigenvalue weighted by molar-refractivity contribution is 7.92. The molecule has 2 heterocycles. The van der Waals surface area contributed by atoms with E-state index in [-0.39, 0.29) is 16.8 Å². The minimum atomic E-state index is -3.78. The molecule has 8 heteroatoms. The molecule has 1 aliphatic rings. The Balaban J connectivity index is 1.68. The van der Waals surface area contributed by atoms with Gasteiger partial charge in [-0.25, -0.2) is 13.4 Å². The predicted octanol–water partition coefficient (Wildman–Crippen LogP) is 4.48. The van der Waals surface area contributed by atoms with Gasteiger partial charge in [-0.05, 0) is 37.3 Å². The third-order valence-corrected chi connectivity index (χ3v) is 6.53. The van der Waals surface area contributed by atoms with Crippen molar-refractivity contribution in [3.05, 3.63) is 83.8 Å². The molecule has 1 amide bonds. The zero-order valence-corrected chi connectivity index (χ0v) is 18.1. The lowest BCUT2D eigenvalue weighted by molar-refractivity contribution is -0.133. The van der Waals surface area contributed by atoms with Gasteiger partial charge in [0.15, 0.2) is 0 Å². The summed E-state index contributed by atoms with van der Waals surface area (Å²) in [6.07, 6.45) is 2.28. The van der Waals surface area contributed by atoms with E-state index in [0.29, 0.717) is 35.6 Å². The Kier molecular flexibility index (Phi) is 5.65. The molecule has 1 aromatic heterocycles. The number of amides is 1. The average molecular weight is 438 g/mol. The summed E-state index contributed by atoms with van der Waals surface area (Å²) in [7, 11) is -3.78. The molecular weight excluding hydrogens is 414 g/mol. The monoisotopic (exact) mass is 437 g/mol. The maximum absolute atomic E-state index is 12.9. The van der Waals surface area contributed by atoms with Gasteiger partial charge in [-0.1, -0.05) is 42.8 Å². The quantitative estimate of drug-likeness (QED) is 0.616. The van der Waals surface area contributed by atoms with Crippen molar-refractivity contribution in [1.82, 2.24) is 5.01 Å². The molecule has 0 unspecified atom stereocenters. The molecule has 3 aromatic rings. The first-order chi connectivity index (χ1) is 14.9. The van der Waals surface area contributed by atoms with Gasteiger partial charge >= 0.3 is 0 Å². The number of hydrogen-bond acceptors (Lipinski definition) is 5. The second kappa shape index (κ2) is 8.39. The van der Waals surface area contributed by atoms with Gasteiger partial charge in [0.25, 0.3) is 10.0 Å². The number of nitrogens with one attached hydrogen (secondary N) is 1. The number of aryl methyl sites for hydroxylation is 1. The summed E-state index contributed by atoms with van der Waals surface area (Å²) >= 11 is 0. The van der Waals surface area contributed by atoms with Crippen LogP contribution in [0.4, 0.5) is 5.69 Å². The fraction of sp³-hybridized carbons (Fsp3) is 0.217. The third-order valence-electron chi connectivity index (χ3n) is 5.15. The van der Waals surface area contributed by atoms with Gasteiger partial charge in [0.05, 0.1) is 22.6 Å². The van der Waals surface area contributed by atoms with Crippen LogP contribution in [0.2, 0.25) is 0 Å². The van der Waals surface area contributed by atoms with E-state index >= 15 is 0 Å². The van der Waals surface area contributed by atoms with Gasteiger partial charge in [-0.2, -0.15) is 5.10 Å². The Hall–Kier alpha value is -3.39. The highest BCUT2D eigenvalue weighted by Gasteiger charge is 2.35. The first kappa shape index (κ1) is 20.9. The molecule has 0 fully saturated rings. The van der Waals surface area contributed by atoms with Crippen LogP contribution in [0.5, 0.6) is 0 Å². The number of carbonyl (C=O) groups is 1. The van der Waals surface area contributed by atoms with Gasteiger partial charge in [0.1, 0.15) is 11.8 Å². The van der Waals surface area contributed by atoms with Crippen molar-refractivity contribution in [3.8, 4) is 0 Å². The molecule has 1 aliphatic heterocycles. The van der Waals surface area contributed by atoms with Crippen LogP contribution in [0.15, 0.2) is 81.3 Å². The molecule has 0 saturated carbocycles. The number of hydrazone groups is 1. The number of benzene rings is 2. The van der Waals surface area contributed by atoms with Gasteiger partial charge in [0, 0.05) is 18.4 Å². The topological polar surface area (TPSA) is 92.0 Å². The lowest BCUT2D eigenvalue weighted by Crippen LogP contribution is -2.25. The summed E-state index contributed by atoms with van der Waals surface area (Å²) in [6.45, 7) is 3.68. The summed E-state index contributed by atoms with van der Waals surface area (Å²) in [5.41, 5.74) is 2.63. The number of hydrogen-bond donors (Lipinski definition) is 1. The molecule has 7 nitrogen and oxygen atoms in total. The first-order valence-corrected chi connectivity index (χ1v) is 11.5. The Labute approximate surface area is 181 Å². The van der Waals surface area contributed by atoms with Crippen molar-refractivity contribution in [2.75, 3.05) is 4.72 Å². The van der Waals surface area contributed by atoms with Crippen LogP contribution in [0, 0.1) is 6.92 Å².